The van der Waals surface area contributed by atoms with Gasteiger partial charge in [0.1, 0.15) is 5.82 Å². The van der Waals surface area contributed by atoms with E-state index < -0.39 is 0 Å². The quantitative estimate of drug-likeness (QED) is 0.872. The summed E-state index contributed by atoms with van der Waals surface area (Å²) < 4.78 is 0. The molecule has 3 nitrogen and oxygen atoms in total. The molecule has 1 aromatic heterocycles. The normalized spacial score (nSPS) is 19.4. The summed E-state index contributed by atoms with van der Waals surface area (Å²) in [6.07, 6.45) is 4.96. The largest absolute Gasteiger partial charge is 0.355 e. The van der Waals surface area contributed by atoms with Crippen LogP contribution in [0, 0.1) is 0 Å². The molecule has 1 aliphatic carbocycles. The third kappa shape index (κ3) is 3.89. The van der Waals surface area contributed by atoms with Gasteiger partial charge in [0, 0.05) is 42.9 Å². The standard InChI is InChI=1S/C16H25N3S/c1-2-3-15-10-13(12-17-14-4-5-14)11-16(18-15)19-6-8-20-9-7-19/h10-11,14,17H,2-9,12H2,1H3. The predicted octanol–water partition coefficient (Wildman–Crippen LogP) is 2.84. The molecule has 20 heavy (non-hydrogen) atoms. The van der Waals surface area contributed by atoms with Crippen molar-refractivity contribution in [2.24, 2.45) is 0 Å². The summed E-state index contributed by atoms with van der Waals surface area (Å²) in [6, 6.07) is 5.36. The minimum Gasteiger partial charge on any atom is -0.355 e. The predicted molar refractivity (Wildman–Crippen MR) is 87.6 cm³/mol. The fourth-order valence-electron chi connectivity index (χ4n) is 2.62. The van der Waals surface area contributed by atoms with Crippen molar-refractivity contribution in [3.8, 4) is 0 Å². The van der Waals surface area contributed by atoms with Crippen molar-refractivity contribution in [2.45, 2.75) is 45.2 Å². The van der Waals surface area contributed by atoms with Gasteiger partial charge in [0.15, 0.2) is 0 Å². The Morgan fingerprint density at radius 2 is 2.10 bits per heavy atom. The van der Waals surface area contributed by atoms with E-state index in [1.54, 1.807) is 0 Å². The fourth-order valence-corrected chi connectivity index (χ4v) is 3.53. The minimum absolute atomic E-state index is 0.771. The van der Waals surface area contributed by atoms with Crippen molar-refractivity contribution >= 4 is 17.6 Å². The van der Waals surface area contributed by atoms with E-state index in [9.17, 15) is 0 Å². The molecule has 0 spiro atoms. The number of thioether (sulfide) groups is 1. The maximum Gasteiger partial charge on any atom is 0.129 e. The summed E-state index contributed by atoms with van der Waals surface area (Å²) >= 11 is 2.05. The molecule has 1 aromatic rings. The van der Waals surface area contributed by atoms with Gasteiger partial charge in [0.2, 0.25) is 0 Å². The number of nitrogens with one attached hydrogen (secondary N) is 1. The van der Waals surface area contributed by atoms with Crippen LogP contribution in [0.4, 0.5) is 5.82 Å². The Hall–Kier alpha value is -0.740. The zero-order valence-corrected chi connectivity index (χ0v) is 13.2. The smallest absolute Gasteiger partial charge is 0.129 e. The van der Waals surface area contributed by atoms with Gasteiger partial charge in [-0.1, -0.05) is 13.3 Å². The molecule has 1 N–H and O–H groups in total. The molecule has 2 fully saturated rings. The van der Waals surface area contributed by atoms with Gasteiger partial charge in [-0.3, -0.25) is 0 Å². The Bertz CT molecular complexity index is 439. The van der Waals surface area contributed by atoms with Crippen LogP contribution in [0.25, 0.3) is 0 Å². The molecule has 2 heterocycles. The Kier molecular flexibility index (Phi) is 4.84. The van der Waals surface area contributed by atoms with Gasteiger partial charge in [-0.25, -0.2) is 4.98 Å². The van der Waals surface area contributed by atoms with Gasteiger partial charge in [0.05, 0.1) is 0 Å². The van der Waals surface area contributed by atoms with Crippen molar-refractivity contribution < 1.29 is 0 Å². The van der Waals surface area contributed by atoms with Crippen LogP contribution in [0.5, 0.6) is 0 Å². The van der Waals surface area contributed by atoms with Crippen LogP contribution in [0.2, 0.25) is 0 Å². The molecule has 110 valence electrons. The Balaban J connectivity index is 1.74. The molecular weight excluding hydrogens is 266 g/mol. The van der Waals surface area contributed by atoms with E-state index >= 15 is 0 Å². The van der Waals surface area contributed by atoms with Crippen LogP contribution in [0.3, 0.4) is 0 Å². The molecule has 0 unspecified atom stereocenters. The van der Waals surface area contributed by atoms with Gasteiger partial charge in [-0.15, -0.1) is 0 Å². The van der Waals surface area contributed by atoms with Crippen molar-refractivity contribution in [1.29, 1.82) is 0 Å². The first-order valence-electron chi connectivity index (χ1n) is 7.91. The lowest BCUT2D eigenvalue weighted by molar-refractivity contribution is 0.684. The lowest BCUT2D eigenvalue weighted by Crippen LogP contribution is -2.33. The van der Waals surface area contributed by atoms with E-state index in [-0.39, 0.29) is 0 Å². The highest BCUT2D eigenvalue weighted by Gasteiger charge is 2.20. The average Bonchev–Trinajstić information content (AvgIpc) is 3.30. The zero-order valence-electron chi connectivity index (χ0n) is 12.4. The third-order valence-corrected chi connectivity index (χ3v) is 4.88. The lowest BCUT2D eigenvalue weighted by atomic mass is 10.1. The molecule has 0 bridgehead atoms. The number of pyridine rings is 1. The van der Waals surface area contributed by atoms with E-state index in [0.717, 1.165) is 32.1 Å². The molecule has 4 heteroatoms. The number of nitrogens with zero attached hydrogens (tertiary/aromatic N) is 2. The van der Waals surface area contributed by atoms with Crippen molar-refractivity contribution in [3.63, 3.8) is 0 Å². The zero-order chi connectivity index (χ0) is 13.8. The van der Waals surface area contributed by atoms with E-state index in [1.165, 1.54) is 47.8 Å². The first-order valence-corrected chi connectivity index (χ1v) is 9.06. The van der Waals surface area contributed by atoms with Crippen LogP contribution in [-0.4, -0.2) is 35.6 Å². The van der Waals surface area contributed by atoms with Crippen molar-refractivity contribution in [1.82, 2.24) is 10.3 Å². The van der Waals surface area contributed by atoms with E-state index in [0.29, 0.717) is 0 Å². The van der Waals surface area contributed by atoms with E-state index in [2.05, 4.69) is 41.0 Å². The number of aromatic nitrogens is 1. The first kappa shape index (κ1) is 14.2. The number of hydrogen-bond acceptors (Lipinski definition) is 4. The summed E-state index contributed by atoms with van der Waals surface area (Å²) in [6.45, 7) is 5.51. The third-order valence-electron chi connectivity index (χ3n) is 3.94. The van der Waals surface area contributed by atoms with Crippen molar-refractivity contribution in [3.05, 3.63) is 23.4 Å². The second kappa shape index (κ2) is 6.81. The van der Waals surface area contributed by atoms with Crippen LogP contribution in [-0.2, 0) is 13.0 Å². The summed E-state index contributed by atoms with van der Waals surface area (Å²) in [5, 5.41) is 3.62. The number of aryl methyl sites for hydroxylation is 1. The summed E-state index contributed by atoms with van der Waals surface area (Å²) in [7, 11) is 0. The highest BCUT2D eigenvalue weighted by molar-refractivity contribution is 7.99. The molecule has 1 saturated heterocycles. The van der Waals surface area contributed by atoms with Gasteiger partial charge in [-0.05, 0) is 37.0 Å². The minimum atomic E-state index is 0.771. The monoisotopic (exact) mass is 291 g/mol. The molecule has 0 amide bonds. The molecule has 1 aliphatic heterocycles. The molecule has 1 saturated carbocycles. The topological polar surface area (TPSA) is 28.2 Å². The lowest BCUT2D eigenvalue weighted by Gasteiger charge is -2.28. The number of anilines is 1. The Morgan fingerprint density at radius 1 is 1.30 bits per heavy atom. The number of hydrogen-bond donors (Lipinski definition) is 1. The Labute approximate surface area is 126 Å². The summed E-state index contributed by atoms with van der Waals surface area (Å²) in [5.41, 5.74) is 2.67. The molecule has 0 radical (unpaired) electrons. The van der Waals surface area contributed by atoms with Gasteiger partial charge in [0.25, 0.3) is 0 Å². The molecular formula is C16H25N3S. The fraction of sp³-hybridized carbons (Fsp3) is 0.688. The van der Waals surface area contributed by atoms with Crippen LogP contribution >= 0.6 is 11.8 Å². The van der Waals surface area contributed by atoms with Gasteiger partial charge < -0.3 is 10.2 Å². The second-order valence-electron chi connectivity index (χ2n) is 5.83. The summed E-state index contributed by atoms with van der Waals surface area (Å²) in [4.78, 5) is 7.33. The van der Waals surface area contributed by atoms with E-state index in [1.807, 2.05) is 0 Å². The van der Waals surface area contributed by atoms with Crippen molar-refractivity contribution in [2.75, 3.05) is 29.5 Å². The summed E-state index contributed by atoms with van der Waals surface area (Å²) in [5.74, 6) is 3.66. The molecule has 3 rings (SSSR count). The SMILES string of the molecule is CCCc1cc(CNC2CC2)cc(N2CCSCC2)n1. The highest BCUT2D eigenvalue weighted by Crippen LogP contribution is 2.22. The molecule has 0 atom stereocenters. The molecule has 2 aliphatic rings. The van der Waals surface area contributed by atoms with Gasteiger partial charge in [-0.2, -0.15) is 11.8 Å². The average molecular weight is 291 g/mol. The Morgan fingerprint density at radius 3 is 2.80 bits per heavy atom. The molecule has 0 aromatic carbocycles. The maximum atomic E-state index is 4.88. The highest BCUT2D eigenvalue weighted by atomic mass is 32.2. The van der Waals surface area contributed by atoms with E-state index in [4.69, 9.17) is 4.98 Å². The maximum absolute atomic E-state index is 4.88. The van der Waals surface area contributed by atoms with Crippen LogP contribution < -0.4 is 10.2 Å². The number of rotatable bonds is 6. The first-order chi connectivity index (χ1) is 9.85. The van der Waals surface area contributed by atoms with Gasteiger partial charge >= 0.3 is 0 Å². The van der Waals surface area contributed by atoms with Crippen LogP contribution in [0.1, 0.15) is 37.4 Å². The van der Waals surface area contributed by atoms with Crippen LogP contribution in [0.15, 0.2) is 12.1 Å². The second-order valence-corrected chi connectivity index (χ2v) is 7.05.